The van der Waals surface area contributed by atoms with Gasteiger partial charge in [0, 0.05) is 24.2 Å². The van der Waals surface area contributed by atoms with Gasteiger partial charge < -0.3 is 40.7 Å². The third-order valence-electron chi connectivity index (χ3n) is 5.85. The number of hydrogen-bond acceptors (Lipinski definition) is 7. The Balaban J connectivity index is 0.000000455. The third-order valence-corrected chi connectivity index (χ3v) is 5.85. The Morgan fingerprint density at radius 1 is 1.03 bits per heavy atom. The van der Waals surface area contributed by atoms with Crippen LogP contribution in [0.3, 0.4) is 0 Å². The highest BCUT2D eigenvalue weighted by Gasteiger charge is 2.29. The molecule has 11 nitrogen and oxygen atoms in total. The van der Waals surface area contributed by atoms with Crippen LogP contribution in [0.1, 0.15) is 30.9 Å². The van der Waals surface area contributed by atoms with Gasteiger partial charge in [0.2, 0.25) is 0 Å². The maximum atomic E-state index is 14.2. The SMILES string of the molecule is CCOc1ccc(CNC(=O)N(Cc2ccc(F)cc2F)C2CCNCC2)cc1.O=C(O)[C@H](O)[C@@H](O)C(=O)O. The van der Waals surface area contributed by atoms with E-state index in [4.69, 9.17) is 25.2 Å². The minimum Gasteiger partial charge on any atom is -0.494 e. The van der Waals surface area contributed by atoms with E-state index in [-0.39, 0.29) is 18.6 Å². The molecule has 1 saturated heterocycles. The van der Waals surface area contributed by atoms with E-state index in [1.165, 1.54) is 12.1 Å². The number of amides is 2. The zero-order chi connectivity index (χ0) is 28.9. The number of halogens is 2. The molecule has 0 unspecified atom stereocenters. The van der Waals surface area contributed by atoms with Gasteiger partial charge in [-0.25, -0.2) is 23.2 Å². The van der Waals surface area contributed by atoms with Gasteiger partial charge in [-0.05, 0) is 56.6 Å². The second-order valence-electron chi connectivity index (χ2n) is 8.65. The monoisotopic (exact) mass is 553 g/mol. The first-order chi connectivity index (χ1) is 18.5. The van der Waals surface area contributed by atoms with Crippen LogP contribution in [0, 0.1) is 11.6 Å². The lowest BCUT2D eigenvalue weighted by atomic mass is 10.0. The van der Waals surface area contributed by atoms with E-state index in [9.17, 15) is 23.2 Å². The molecule has 1 fully saturated rings. The lowest BCUT2D eigenvalue weighted by molar-refractivity contribution is -0.165. The van der Waals surface area contributed by atoms with Crippen LogP contribution in [0.4, 0.5) is 13.6 Å². The number of benzene rings is 2. The fraction of sp³-hybridized carbons (Fsp3) is 0.423. The van der Waals surface area contributed by atoms with Gasteiger partial charge in [0.1, 0.15) is 17.4 Å². The normalized spacial score (nSPS) is 14.8. The van der Waals surface area contributed by atoms with E-state index in [1.54, 1.807) is 4.90 Å². The summed E-state index contributed by atoms with van der Waals surface area (Å²) in [5.41, 5.74) is 1.25. The second kappa shape index (κ2) is 15.6. The van der Waals surface area contributed by atoms with Crippen LogP contribution in [0.15, 0.2) is 42.5 Å². The van der Waals surface area contributed by atoms with Crippen molar-refractivity contribution in [2.75, 3.05) is 19.7 Å². The Morgan fingerprint density at radius 2 is 1.62 bits per heavy atom. The summed E-state index contributed by atoms with van der Waals surface area (Å²) in [5, 5.41) is 38.7. The molecule has 2 atom stereocenters. The van der Waals surface area contributed by atoms with E-state index in [0.717, 1.165) is 43.3 Å². The molecule has 3 rings (SSSR count). The smallest absolute Gasteiger partial charge is 0.335 e. The standard InChI is InChI=1S/C22H27F2N3O2.C4H6O6/c1-2-29-20-7-3-16(4-8-20)14-26-22(28)27(19-9-11-25-12-10-19)15-17-5-6-18(23)13-21(17)24;5-1(3(7)8)2(6)4(9)10/h3-8,13,19,25H,2,9-12,14-15H2,1H3,(H,26,28);1-2,5-6H,(H,7,8)(H,9,10)/t;1-,2-/m.1/s1. The molecule has 2 aromatic carbocycles. The van der Waals surface area contributed by atoms with Crippen LogP contribution in [-0.2, 0) is 22.7 Å². The van der Waals surface area contributed by atoms with E-state index in [2.05, 4.69) is 10.6 Å². The Morgan fingerprint density at radius 3 is 2.13 bits per heavy atom. The summed E-state index contributed by atoms with van der Waals surface area (Å²) in [4.78, 5) is 34.1. The van der Waals surface area contributed by atoms with Gasteiger partial charge in [0.05, 0.1) is 13.2 Å². The first-order valence-electron chi connectivity index (χ1n) is 12.3. The van der Waals surface area contributed by atoms with Crippen LogP contribution in [0.25, 0.3) is 0 Å². The predicted octanol–water partition coefficient (Wildman–Crippen LogP) is 1.70. The van der Waals surface area contributed by atoms with Crippen molar-refractivity contribution >= 4 is 18.0 Å². The van der Waals surface area contributed by atoms with Crippen molar-refractivity contribution < 1.29 is 48.3 Å². The minimum absolute atomic E-state index is 0.000957. The van der Waals surface area contributed by atoms with Gasteiger partial charge in [-0.3, -0.25) is 0 Å². The highest BCUT2D eigenvalue weighted by molar-refractivity contribution is 5.83. The van der Waals surface area contributed by atoms with Gasteiger partial charge >= 0.3 is 18.0 Å². The quantitative estimate of drug-likeness (QED) is 0.257. The summed E-state index contributed by atoms with van der Waals surface area (Å²) < 4.78 is 32.8. The molecule has 2 amide bonds. The van der Waals surface area contributed by atoms with Gasteiger partial charge in [0.15, 0.2) is 12.2 Å². The molecule has 0 bridgehead atoms. The Bertz CT molecular complexity index is 1080. The number of nitrogens with zero attached hydrogens (tertiary/aromatic N) is 1. The van der Waals surface area contributed by atoms with E-state index in [0.29, 0.717) is 18.7 Å². The third kappa shape index (κ3) is 10.1. The van der Waals surface area contributed by atoms with Crippen molar-refractivity contribution in [1.82, 2.24) is 15.5 Å². The molecule has 214 valence electrons. The molecular weight excluding hydrogens is 520 g/mol. The van der Waals surface area contributed by atoms with Crippen molar-refractivity contribution in [3.05, 3.63) is 65.2 Å². The van der Waals surface area contributed by atoms with Crippen molar-refractivity contribution in [3.8, 4) is 5.75 Å². The van der Waals surface area contributed by atoms with E-state index < -0.39 is 35.8 Å². The maximum Gasteiger partial charge on any atom is 0.335 e. The number of aliphatic hydroxyl groups is 2. The van der Waals surface area contributed by atoms with Gasteiger partial charge in [-0.1, -0.05) is 18.2 Å². The maximum absolute atomic E-state index is 14.2. The van der Waals surface area contributed by atoms with Gasteiger partial charge in [-0.15, -0.1) is 0 Å². The predicted molar refractivity (Wildman–Crippen MR) is 135 cm³/mol. The fourth-order valence-corrected chi connectivity index (χ4v) is 3.74. The van der Waals surface area contributed by atoms with Crippen LogP contribution in [0.5, 0.6) is 5.75 Å². The number of carboxylic acids is 2. The number of piperidine rings is 1. The number of ether oxygens (including phenoxy) is 1. The van der Waals surface area contributed by atoms with Crippen LogP contribution < -0.4 is 15.4 Å². The topological polar surface area (TPSA) is 169 Å². The molecule has 0 saturated carbocycles. The lowest BCUT2D eigenvalue weighted by Crippen LogP contribution is -2.49. The first kappa shape index (κ1) is 31.4. The second-order valence-corrected chi connectivity index (χ2v) is 8.65. The van der Waals surface area contributed by atoms with E-state index in [1.807, 2.05) is 31.2 Å². The molecule has 1 aliphatic heterocycles. The summed E-state index contributed by atoms with van der Waals surface area (Å²) in [6.45, 7) is 4.59. The molecule has 0 aliphatic carbocycles. The Hall–Kier alpha value is -3.81. The highest BCUT2D eigenvalue weighted by atomic mass is 19.1. The summed E-state index contributed by atoms with van der Waals surface area (Å²) in [5.74, 6) is -4.02. The molecule has 1 aliphatic rings. The number of nitrogens with one attached hydrogen (secondary N) is 2. The fourth-order valence-electron chi connectivity index (χ4n) is 3.74. The average Bonchev–Trinajstić information content (AvgIpc) is 2.92. The molecule has 6 N–H and O–H groups in total. The molecule has 0 aromatic heterocycles. The number of rotatable bonds is 10. The number of carbonyl (C=O) groups is 3. The number of carbonyl (C=O) groups excluding carboxylic acids is 1. The largest absolute Gasteiger partial charge is 0.494 e. The van der Waals surface area contributed by atoms with Crippen LogP contribution in [0.2, 0.25) is 0 Å². The van der Waals surface area contributed by atoms with Crippen molar-refractivity contribution in [2.45, 2.75) is 51.1 Å². The Kier molecular flexibility index (Phi) is 12.5. The zero-order valence-corrected chi connectivity index (χ0v) is 21.3. The summed E-state index contributed by atoms with van der Waals surface area (Å²) >= 11 is 0. The molecule has 0 spiro atoms. The molecule has 2 aromatic rings. The number of aliphatic hydroxyl groups excluding tert-OH is 2. The van der Waals surface area contributed by atoms with E-state index >= 15 is 0 Å². The number of urea groups is 1. The van der Waals surface area contributed by atoms with Crippen LogP contribution in [-0.4, -0.2) is 81.2 Å². The van der Waals surface area contributed by atoms with Crippen molar-refractivity contribution in [3.63, 3.8) is 0 Å². The Labute approximate surface area is 224 Å². The summed E-state index contributed by atoms with van der Waals surface area (Å²) in [6, 6.07) is 10.8. The number of aliphatic carboxylic acids is 2. The molecule has 0 radical (unpaired) electrons. The molecule has 39 heavy (non-hydrogen) atoms. The average molecular weight is 554 g/mol. The van der Waals surface area contributed by atoms with Gasteiger partial charge in [0.25, 0.3) is 0 Å². The zero-order valence-electron chi connectivity index (χ0n) is 21.3. The number of carboxylic acid groups (broad SMARTS) is 2. The van der Waals surface area contributed by atoms with Crippen LogP contribution >= 0.6 is 0 Å². The van der Waals surface area contributed by atoms with Gasteiger partial charge in [-0.2, -0.15) is 0 Å². The first-order valence-corrected chi connectivity index (χ1v) is 12.3. The molecule has 1 heterocycles. The molecular formula is C26H33F2N3O8. The highest BCUT2D eigenvalue weighted by Crippen LogP contribution is 2.19. The van der Waals surface area contributed by atoms with Crippen molar-refractivity contribution in [2.24, 2.45) is 0 Å². The van der Waals surface area contributed by atoms with Crippen molar-refractivity contribution in [1.29, 1.82) is 0 Å². The number of hydrogen-bond donors (Lipinski definition) is 6. The summed E-state index contributed by atoms with van der Waals surface area (Å²) in [7, 11) is 0. The lowest BCUT2D eigenvalue weighted by Gasteiger charge is -2.35. The molecule has 13 heteroatoms. The summed E-state index contributed by atoms with van der Waals surface area (Å²) in [6.07, 6.45) is -2.95. The minimum atomic E-state index is -2.27.